The van der Waals surface area contributed by atoms with Crippen molar-refractivity contribution < 1.29 is 28.7 Å². The predicted molar refractivity (Wildman–Crippen MR) is 127 cm³/mol. The number of allylic oxidation sites excluding steroid dienone is 1. The van der Waals surface area contributed by atoms with Gasteiger partial charge in [-0.05, 0) is 60.8 Å². The minimum absolute atomic E-state index is 0.0762. The van der Waals surface area contributed by atoms with E-state index < -0.39 is 23.4 Å². The van der Waals surface area contributed by atoms with Gasteiger partial charge in [0.1, 0.15) is 17.5 Å². The second-order valence-electron chi connectivity index (χ2n) is 9.45. The van der Waals surface area contributed by atoms with Gasteiger partial charge in [0, 0.05) is 25.4 Å². The molecule has 10 heteroatoms. The molecule has 0 heterocycles. The summed E-state index contributed by atoms with van der Waals surface area (Å²) in [7, 11) is 0. The maximum atomic E-state index is 12.2. The van der Waals surface area contributed by atoms with E-state index >= 15 is 0 Å². The summed E-state index contributed by atoms with van der Waals surface area (Å²) in [6.07, 6.45) is 3.67. The molecule has 0 rings (SSSR count). The fourth-order valence-electron chi connectivity index (χ4n) is 2.56. The lowest BCUT2D eigenvalue weighted by Crippen LogP contribution is -2.47. The van der Waals surface area contributed by atoms with Gasteiger partial charge in [0.2, 0.25) is 11.9 Å². The lowest BCUT2D eigenvalue weighted by molar-refractivity contribution is -0.125. The Morgan fingerprint density at radius 1 is 0.970 bits per heavy atom. The first kappa shape index (κ1) is 30.1. The third-order valence-corrected chi connectivity index (χ3v) is 3.85. The number of carbonyl (C=O) groups excluding carboxylic acids is 4. The molecule has 0 radical (unpaired) electrons. The van der Waals surface area contributed by atoms with Crippen LogP contribution in [0, 0.1) is 5.92 Å². The van der Waals surface area contributed by atoms with Gasteiger partial charge in [-0.2, -0.15) is 0 Å². The number of amides is 3. The van der Waals surface area contributed by atoms with Gasteiger partial charge in [-0.1, -0.05) is 12.5 Å². The highest BCUT2D eigenvalue weighted by molar-refractivity contribution is 6.01. The molecule has 0 bridgehead atoms. The summed E-state index contributed by atoms with van der Waals surface area (Å²) in [6.45, 7) is 14.6. The summed E-state index contributed by atoms with van der Waals surface area (Å²) < 4.78 is 10.4. The average Bonchev–Trinajstić information content (AvgIpc) is 2.63. The van der Waals surface area contributed by atoms with Crippen molar-refractivity contribution in [2.75, 3.05) is 13.1 Å². The number of hydrogen-bond donors (Lipinski definition) is 3. The van der Waals surface area contributed by atoms with Crippen LogP contribution in [0.1, 0.15) is 73.6 Å². The molecule has 0 unspecified atom stereocenters. The first-order valence-electron chi connectivity index (χ1n) is 11.1. The minimum atomic E-state index is -0.754. The molecule has 3 N–H and O–H groups in total. The van der Waals surface area contributed by atoms with E-state index in [1.165, 1.54) is 0 Å². The van der Waals surface area contributed by atoms with Gasteiger partial charge in [-0.15, -0.1) is 6.58 Å². The summed E-state index contributed by atoms with van der Waals surface area (Å²) in [5, 5.41) is 7.60. The first-order chi connectivity index (χ1) is 15.3. The highest BCUT2D eigenvalue weighted by Crippen LogP contribution is 2.14. The predicted octanol–water partition coefficient (Wildman–Crippen LogP) is 3.46. The molecule has 1 atom stereocenters. The van der Waals surface area contributed by atoms with E-state index in [1.807, 2.05) is 0 Å². The zero-order valence-corrected chi connectivity index (χ0v) is 20.8. The molecular weight excluding hydrogens is 428 g/mol. The number of unbranched alkanes of at least 4 members (excludes halogenated alkanes) is 1. The topological polar surface area (TPSA) is 135 Å². The molecule has 188 valence electrons. The number of rotatable bonds is 11. The molecule has 0 saturated carbocycles. The molecule has 0 aromatic carbocycles. The molecule has 33 heavy (non-hydrogen) atoms. The minimum Gasteiger partial charge on any atom is -0.444 e. The number of alkyl carbamates (subject to hydrolysis) is 2. The number of guanidine groups is 1. The van der Waals surface area contributed by atoms with Crippen molar-refractivity contribution in [3.05, 3.63) is 12.7 Å². The standard InChI is InChI=1S/C23H40N4O6/c1-8-12-17(18(29)24-15-11-16-28)13-9-10-14-25-19(26-20(30)32-22(2,3)4)27-21(31)33-23(5,6)7/h8,16-17H,1,9-15H2,2-7H3,(H,24,29)(H2,25,26,27,30,31)/t17-/m1/s1. The van der Waals surface area contributed by atoms with Crippen LogP contribution >= 0.6 is 0 Å². The second-order valence-corrected chi connectivity index (χ2v) is 9.45. The average molecular weight is 469 g/mol. The molecule has 3 amide bonds. The Morgan fingerprint density at radius 2 is 1.52 bits per heavy atom. The summed E-state index contributed by atoms with van der Waals surface area (Å²) in [4.78, 5) is 51.0. The van der Waals surface area contributed by atoms with Gasteiger partial charge in [-0.25, -0.2) is 9.59 Å². The van der Waals surface area contributed by atoms with Gasteiger partial charge in [0.05, 0.1) is 0 Å². The molecule has 0 spiro atoms. The number of carbonyl (C=O) groups is 4. The number of aldehydes is 1. The van der Waals surface area contributed by atoms with Gasteiger partial charge in [0.25, 0.3) is 0 Å². The number of aliphatic imine (C=N–C) groups is 1. The van der Waals surface area contributed by atoms with Crippen LogP contribution in [0.5, 0.6) is 0 Å². The molecule has 10 nitrogen and oxygen atoms in total. The zero-order valence-electron chi connectivity index (χ0n) is 20.8. The van der Waals surface area contributed by atoms with Crippen LogP contribution in [0.3, 0.4) is 0 Å². The van der Waals surface area contributed by atoms with Crippen LogP contribution < -0.4 is 16.0 Å². The van der Waals surface area contributed by atoms with E-state index in [0.717, 1.165) is 6.29 Å². The highest BCUT2D eigenvalue weighted by Gasteiger charge is 2.21. The number of ether oxygens (including phenoxy) is 2. The van der Waals surface area contributed by atoms with Crippen LogP contribution in [-0.2, 0) is 19.1 Å². The zero-order chi connectivity index (χ0) is 25.5. The maximum absolute atomic E-state index is 12.2. The van der Waals surface area contributed by atoms with Crippen LogP contribution in [0.15, 0.2) is 17.6 Å². The van der Waals surface area contributed by atoms with Crippen molar-refractivity contribution in [3.63, 3.8) is 0 Å². The number of hydrogen-bond acceptors (Lipinski definition) is 7. The fraction of sp³-hybridized carbons (Fsp3) is 0.696. The monoisotopic (exact) mass is 468 g/mol. The van der Waals surface area contributed by atoms with E-state index in [4.69, 9.17) is 9.47 Å². The molecule has 0 aliphatic heterocycles. The lowest BCUT2D eigenvalue weighted by Gasteiger charge is -2.22. The van der Waals surface area contributed by atoms with Gasteiger partial charge < -0.3 is 19.6 Å². The van der Waals surface area contributed by atoms with Crippen molar-refractivity contribution in [2.45, 2.75) is 84.8 Å². The Kier molecular flexibility index (Phi) is 13.7. The normalized spacial score (nSPS) is 12.1. The number of nitrogens with zero attached hydrogens (tertiary/aromatic N) is 1. The Balaban J connectivity index is 4.90. The molecule has 0 saturated heterocycles. The Hall–Kier alpha value is -2.91. The van der Waals surface area contributed by atoms with Gasteiger partial charge in [0.15, 0.2) is 0 Å². The summed E-state index contributed by atoms with van der Waals surface area (Å²) in [5.41, 5.74) is -1.43. The Morgan fingerprint density at radius 3 is 1.97 bits per heavy atom. The smallest absolute Gasteiger partial charge is 0.414 e. The van der Waals surface area contributed by atoms with Crippen LogP contribution in [-0.4, -0.2) is 54.6 Å². The summed E-state index contributed by atoms with van der Waals surface area (Å²) in [5.74, 6) is -0.427. The third-order valence-electron chi connectivity index (χ3n) is 3.85. The van der Waals surface area contributed by atoms with Gasteiger partial charge >= 0.3 is 12.2 Å². The third kappa shape index (κ3) is 17.3. The van der Waals surface area contributed by atoms with Gasteiger partial charge in [-0.3, -0.25) is 20.4 Å². The van der Waals surface area contributed by atoms with E-state index in [-0.39, 0.29) is 24.2 Å². The lowest BCUT2D eigenvalue weighted by atomic mass is 9.97. The Labute approximate surface area is 196 Å². The van der Waals surface area contributed by atoms with Crippen molar-refractivity contribution in [3.8, 4) is 0 Å². The van der Waals surface area contributed by atoms with Crippen molar-refractivity contribution in [1.82, 2.24) is 16.0 Å². The quantitative estimate of drug-likeness (QED) is 0.140. The van der Waals surface area contributed by atoms with Crippen LogP contribution in [0.2, 0.25) is 0 Å². The summed E-state index contributed by atoms with van der Waals surface area (Å²) in [6, 6.07) is 0. The number of nitrogens with one attached hydrogen (secondary N) is 3. The van der Waals surface area contributed by atoms with E-state index in [2.05, 4.69) is 27.5 Å². The van der Waals surface area contributed by atoms with E-state index in [1.54, 1.807) is 47.6 Å². The highest BCUT2D eigenvalue weighted by atomic mass is 16.6. The van der Waals surface area contributed by atoms with E-state index in [0.29, 0.717) is 38.8 Å². The maximum Gasteiger partial charge on any atom is 0.414 e. The first-order valence-corrected chi connectivity index (χ1v) is 11.1. The molecule has 0 aliphatic rings. The summed E-state index contributed by atoms with van der Waals surface area (Å²) >= 11 is 0. The molecule has 0 fully saturated rings. The largest absolute Gasteiger partial charge is 0.444 e. The molecule has 0 aliphatic carbocycles. The fourth-order valence-corrected chi connectivity index (χ4v) is 2.56. The van der Waals surface area contributed by atoms with Crippen LogP contribution in [0.4, 0.5) is 9.59 Å². The van der Waals surface area contributed by atoms with Crippen molar-refractivity contribution >= 4 is 30.3 Å². The molecule has 0 aromatic heterocycles. The molecule has 0 aromatic rings. The van der Waals surface area contributed by atoms with Crippen LogP contribution in [0.25, 0.3) is 0 Å². The molecular formula is C23H40N4O6. The second kappa shape index (κ2) is 15.0. The Bertz CT molecular complexity index is 660. The van der Waals surface area contributed by atoms with Crippen molar-refractivity contribution in [1.29, 1.82) is 0 Å². The van der Waals surface area contributed by atoms with Crippen molar-refractivity contribution in [2.24, 2.45) is 10.9 Å². The SMILES string of the molecule is C=CC[C@H](CCCCN=C(NC(=O)OC(C)(C)C)NC(=O)OC(C)(C)C)C(=O)NCCC=O. The van der Waals surface area contributed by atoms with E-state index in [9.17, 15) is 19.2 Å².